The first-order valence-corrected chi connectivity index (χ1v) is 8.92. The lowest BCUT2D eigenvalue weighted by Crippen LogP contribution is -2.31. The maximum atomic E-state index is 13.1. The topological polar surface area (TPSA) is 104 Å². The number of nitrogens with zero attached hydrogens (tertiary/aromatic N) is 1. The van der Waals surface area contributed by atoms with Crippen LogP contribution in [0.3, 0.4) is 0 Å². The number of halogens is 1. The van der Waals surface area contributed by atoms with Crippen LogP contribution in [0, 0.1) is 19.7 Å². The van der Waals surface area contributed by atoms with E-state index in [0.717, 1.165) is 21.9 Å². The van der Waals surface area contributed by atoms with Gasteiger partial charge in [-0.1, -0.05) is 23.8 Å². The first kappa shape index (κ1) is 20.1. The summed E-state index contributed by atoms with van der Waals surface area (Å²) < 4.78 is 14.2. The maximum Gasteiger partial charge on any atom is 0.305 e. The van der Waals surface area contributed by atoms with E-state index in [-0.39, 0.29) is 12.1 Å². The summed E-state index contributed by atoms with van der Waals surface area (Å²) in [6.45, 7) is 3.71. The Labute approximate surface area is 165 Å². The molecule has 0 bridgehead atoms. The van der Waals surface area contributed by atoms with Gasteiger partial charge in [-0.25, -0.2) is 9.07 Å². The van der Waals surface area contributed by atoms with Gasteiger partial charge in [-0.05, 0) is 49.2 Å². The number of carboxylic acid groups (broad SMARTS) is 1. The summed E-state index contributed by atoms with van der Waals surface area (Å²) in [7, 11) is 0. The summed E-state index contributed by atoms with van der Waals surface area (Å²) >= 11 is 0. The number of benzene rings is 2. The molecule has 3 N–H and O–H groups in total. The summed E-state index contributed by atoms with van der Waals surface area (Å²) in [6, 6.07) is 11.1. The number of nitrogens with one attached hydrogen (secondary N) is 2. The number of aromatic nitrogens is 2. The van der Waals surface area contributed by atoms with Gasteiger partial charge in [-0.15, -0.1) is 0 Å². The van der Waals surface area contributed by atoms with Gasteiger partial charge in [-0.2, -0.15) is 0 Å². The zero-order valence-corrected chi connectivity index (χ0v) is 15.9. The summed E-state index contributed by atoms with van der Waals surface area (Å²) in [4.78, 5) is 36.3. The van der Waals surface area contributed by atoms with Crippen molar-refractivity contribution in [2.24, 2.45) is 0 Å². The molecule has 0 saturated carbocycles. The molecule has 150 valence electrons. The fraction of sp³-hybridized carbons (Fsp3) is 0.190. The molecule has 0 aliphatic heterocycles. The zero-order chi connectivity index (χ0) is 21.1. The van der Waals surface area contributed by atoms with Crippen LogP contribution in [0.1, 0.15) is 39.6 Å². The van der Waals surface area contributed by atoms with E-state index in [2.05, 4.69) is 10.4 Å². The van der Waals surface area contributed by atoms with E-state index in [0.29, 0.717) is 11.3 Å². The van der Waals surface area contributed by atoms with Crippen LogP contribution >= 0.6 is 0 Å². The molecular formula is C21H20FN3O4. The number of rotatable bonds is 6. The van der Waals surface area contributed by atoms with Crippen LogP contribution in [0.5, 0.6) is 0 Å². The molecule has 7 nitrogen and oxygen atoms in total. The van der Waals surface area contributed by atoms with Crippen molar-refractivity contribution in [1.82, 2.24) is 15.1 Å². The van der Waals surface area contributed by atoms with Crippen LogP contribution in [-0.2, 0) is 4.79 Å². The van der Waals surface area contributed by atoms with Crippen LogP contribution in [0.15, 0.2) is 53.3 Å². The number of carbonyl (C=O) groups excluding carboxylic acids is 1. The molecule has 3 rings (SSSR count). The SMILES string of the molecule is Cc1ccc(C)c(C(CC(=O)O)NC(=O)c2cc(=O)n(-c3ccc(F)cc3)[nH]2)c1. The highest BCUT2D eigenvalue weighted by molar-refractivity contribution is 5.92. The number of aryl methyl sites for hydroxylation is 2. The Bertz CT molecular complexity index is 1120. The standard InChI is InChI=1S/C21H20FN3O4/c1-12-3-4-13(2)16(9-12)17(11-20(27)28)23-21(29)18-10-19(26)25(24-18)15-7-5-14(22)6-8-15/h3-10,17,24H,11H2,1-2H3,(H,23,29)(H,27,28). The summed E-state index contributed by atoms with van der Waals surface area (Å²) in [6.07, 6.45) is -0.307. The minimum absolute atomic E-state index is 0.0278. The Balaban J connectivity index is 1.89. The molecule has 0 spiro atoms. The second-order valence-corrected chi connectivity index (χ2v) is 6.80. The Morgan fingerprint density at radius 1 is 1.14 bits per heavy atom. The molecule has 1 heterocycles. The lowest BCUT2D eigenvalue weighted by atomic mass is 9.96. The van der Waals surface area contributed by atoms with Crippen LogP contribution < -0.4 is 10.9 Å². The van der Waals surface area contributed by atoms with Crippen molar-refractivity contribution in [2.45, 2.75) is 26.3 Å². The predicted molar refractivity (Wildman–Crippen MR) is 105 cm³/mol. The molecule has 1 amide bonds. The lowest BCUT2D eigenvalue weighted by Gasteiger charge is -2.19. The van der Waals surface area contributed by atoms with Crippen LogP contribution in [0.4, 0.5) is 4.39 Å². The van der Waals surface area contributed by atoms with Crippen LogP contribution in [0.2, 0.25) is 0 Å². The fourth-order valence-corrected chi connectivity index (χ4v) is 3.08. The largest absolute Gasteiger partial charge is 0.481 e. The van der Waals surface area contributed by atoms with Gasteiger partial charge in [0.25, 0.3) is 11.5 Å². The van der Waals surface area contributed by atoms with Crippen molar-refractivity contribution in [2.75, 3.05) is 0 Å². The normalized spacial score (nSPS) is 11.8. The Morgan fingerprint density at radius 2 is 1.83 bits per heavy atom. The number of hydrogen-bond acceptors (Lipinski definition) is 3. The molecule has 0 aliphatic carbocycles. The third kappa shape index (κ3) is 4.60. The molecule has 0 fully saturated rings. The molecule has 29 heavy (non-hydrogen) atoms. The molecule has 1 unspecified atom stereocenters. The van der Waals surface area contributed by atoms with Gasteiger partial charge < -0.3 is 10.4 Å². The highest BCUT2D eigenvalue weighted by atomic mass is 19.1. The van der Waals surface area contributed by atoms with Crippen molar-refractivity contribution >= 4 is 11.9 Å². The third-order valence-electron chi connectivity index (χ3n) is 4.54. The quantitative estimate of drug-likeness (QED) is 0.595. The van der Waals surface area contributed by atoms with E-state index in [1.807, 2.05) is 32.0 Å². The van der Waals surface area contributed by atoms with E-state index in [9.17, 15) is 23.9 Å². The van der Waals surface area contributed by atoms with E-state index in [1.54, 1.807) is 0 Å². The van der Waals surface area contributed by atoms with Crippen LogP contribution in [-0.4, -0.2) is 26.8 Å². The highest BCUT2D eigenvalue weighted by Gasteiger charge is 2.22. The first-order valence-electron chi connectivity index (χ1n) is 8.92. The number of aliphatic carboxylic acids is 1. The minimum Gasteiger partial charge on any atom is -0.481 e. The Kier molecular flexibility index (Phi) is 5.63. The highest BCUT2D eigenvalue weighted by Crippen LogP contribution is 2.23. The van der Waals surface area contributed by atoms with Crippen LogP contribution in [0.25, 0.3) is 5.69 Å². The summed E-state index contributed by atoms with van der Waals surface area (Å²) in [5.41, 5.74) is 2.32. The monoisotopic (exact) mass is 397 g/mol. The number of carbonyl (C=O) groups is 2. The molecule has 0 radical (unpaired) electrons. The summed E-state index contributed by atoms with van der Waals surface area (Å²) in [5.74, 6) is -2.12. The molecule has 2 aromatic carbocycles. The number of hydrogen-bond donors (Lipinski definition) is 3. The van der Waals surface area contributed by atoms with Crippen molar-refractivity contribution in [3.05, 3.63) is 87.1 Å². The molecule has 3 aromatic rings. The summed E-state index contributed by atoms with van der Waals surface area (Å²) in [5, 5.41) is 14.6. The minimum atomic E-state index is -1.06. The van der Waals surface area contributed by atoms with E-state index in [4.69, 9.17) is 0 Å². The Morgan fingerprint density at radius 3 is 2.48 bits per heavy atom. The van der Waals surface area contributed by atoms with E-state index >= 15 is 0 Å². The third-order valence-corrected chi connectivity index (χ3v) is 4.54. The molecule has 1 aromatic heterocycles. The van der Waals surface area contributed by atoms with Crippen molar-refractivity contribution in [3.63, 3.8) is 0 Å². The number of H-pyrrole nitrogens is 1. The maximum absolute atomic E-state index is 13.1. The first-order chi connectivity index (χ1) is 13.7. The predicted octanol–water partition coefficient (Wildman–Crippen LogP) is 2.87. The average Bonchev–Trinajstić information content (AvgIpc) is 3.05. The van der Waals surface area contributed by atoms with Gasteiger partial charge in [0, 0.05) is 6.07 Å². The molecule has 1 atom stereocenters. The van der Waals surface area contributed by atoms with Gasteiger partial charge in [-0.3, -0.25) is 19.5 Å². The molecule has 0 saturated heterocycles. The second kappa shape index (κ2) is 8.14. The smallest absolute Gasteiger partial charge is 0.305 e. The van der Waals surface area contributed by atoms with Crippen molar-refractivity contribution in [3.8, 4) is 5.69 Å². The van der Waals surface area contributed by atoms with E-state index in [1.165, 1.54) is 24.3 Å². The fourth-order valence-electron chi connectivity index (χ4n) is 3.08. The molecule has 8 heteroatoms. The van der Waals surface area contributed by atoms with Crippen molar-refractivity contribution in [1.29, 1.82) is 0 Å². The molecular weight excluding hydrogens is 377 g/mol. The van der Waals surface area contributed by atoms with Gasteiger partial charge in [0.15, 0.2) is 0 Å². The Hall–Kier alpha value is -3.68. The van der Waals surface area contributed by atoms with Crippen molar-refractivity contribution < 1.29 is 19.1 Å². The van der Waals surface area contributed by atoms with Gasteiger partial charge in [0.1, 0.15) is 11.5 Å². The number of aromatic amines is 1. The number of carboxylic acids is 1. The van der Waals surface area contributed by atoms with Gasteiger partial charge in [0.05, 0.1) is 18.2 Å². The molecule has 0 aliphatic rings. The number of amides is 1. The lowest BCUT2D eigenvalue weighted by molar-refractivity contribution is -0.137. The average molecular weight is 397 g/mol. The second-order valence-electron chi connectivity index (χ2n) is 6.80. The van der Waals surface area contributed by atoms with Gasteiger partial charge >= 0.3 is 5.97 Å². The van der Waals surface area contributed by atoms with Gasteiger partial charge in [0.2, 0.25) is 0 Å². The zero-order valence-electron chi connectivity index (χ0n) is 15.9. The van der Waals surface area contributed by atoms with E-state index < -0.39 is 29.3 Å².